The van der Waals surface area contributed by atoms with E-state index in [1.54, 1.807) is 20.9 Å². The fraction of sp³-hybridized carbons (Fsp3) is 0.471. The molecular formula is C17H21N3O6S. The number of amides is 1. The molecule has 0 N–H and O–H groups in total. The summed E-state index contributed by atoms with van der Waals surface area (Å²) in [5, 5.41) is 4.60. The number of carbonyl (C=O) groups excluding carboxylic acids is 4. The maximum absolute atomic E-state index is 12.3. The fourth-order valence-corrected chi connectivity index (χ4v) is 3.54. The van der Waals surface area contributed by atoms with Crippen molar-refractivity contribution in [1.82, 2.24) is 14.7 Å². The largest absolute Gasteiger partial charge is 0.466 e. The van der Waals surface area contributed by atoms with E-state index in [1.165, 1.54) is 34.5 Å². The minimum atomic E-state index is -0.957. The summed E-state index contributed by atoms with van der Waals surface area (Å²) < 4.78 is 11.1. The van der Waals surface area contributed by atoms with Crippen molar-refractivity contribution >= 4 is 35.4 Å². The molecule has 1 saturated heterocycles. The van der Waals surface area contributed by atoms with Crippen LogP contribution in [0.15, 0.2) is 11.1 Å². The highest BCUT2D eigenvalue weighted by atomic mass is 32.2. The Morgan fingerprint density at radius 1 is 1.30 bits per heavy atom. The lowest BCUT2D eigenvalue weighted by atomic mass is 10.1. The quantitative estimate of drug-likeness (QED) is 0.219. The van der Waals surface area contributed by atoms with Crippen LogP contribution in [0.25, 0.3) is 0 Å². The van der Waals surface area contributed by atoms with Crippen molar-refractivity contribution in [2.24, 2.45) is 7.05 Å². The predicted molar refractivity (Wildman–Crippen MR) is 96.9 cm³/mol. The van der Waals surface area contributed by atoms with Gasteiger partial charge in [0.05, 0.1) is 41.8 Å². The average molecular weight is 395 g/mol. The summed E-state index contributed by atoms with van der Waals surface area (Å²) in [6.45, 7) is 3.59. The number of hydrogen-bond acceptors (Lipinski definition) is 8. The Kier molecular flexibility index (Phi) is 6.78. The van der Waals surface area contributed by atoms with E-state index in [1.807, 2.05) is 0 Å². The molecule has 0 atom stereocenters. The van der Waals surface area contributed by atoms with Crippen LogP contribution in [0.4, 0.5) is 0 Å². The molecule has 2 heterocycles. The highest BCUT2D eigenvalue weighted by Gasteiger charge is 2.28. The normalized spacial score (nSPS) is 15.3. The maximum Gasteiger partial charge on any atom is 0.379 e. The van der Waals surface area contributed by atoms with Gasteiger partial charge in [-0.1, -0.05) is 11.8 Å². The number of thioether (sulfide) groups is 1. The summed E-state index contributed by atoms with van der Waals surface area (Å²) in [6.07, 6.45) is 1.58. The molecule has 146 valence electrons. The van der Waals surface area contributed by atoms with Crippen LogP contribution in [0.3, 0.4) is 0 Å². The molecule has 0 aliphatic carbocycles. The molecule has 9 nitrogen and oxygen atoms in total. The minimum absolute atomic E-state index is 0.0249. The second-order valence-corrected chi connectivity index (χ2v) is 6.82. The first kappa shape index (κ1) is 20.7. The Balaban J connectivity index is 1.88. The molecule has 0 aromatic carbocycles. The van der Waals surface area contributed by atoms with Crippen molar-refractivity contribution in [3.05, 3.63) is 28.1 Å². The third-order valence-corrected chi connectivity index (χ3v) is 5.06. The standard InChI is InChI=1S/C17H21N3O6S/c1-10-15(11(2)19(3)18-10)16(23)17(24)26-7-5-6-20-12(21)9-27-13(20)8-14(22)25-4/h8H,5-7,9H2,1-4H3/b13-8+. The first-order valence-corrected chi connectivity index (χ1v) is 9.19. The number of hydrogen-bond donors (Lipinski definition) is 0. The van der Waals surface area contributed by atoms with Gasteiger partial charge in [0.15, 0.2) is 0 Å². The molecule has 0 radical (unpaired) electrons. The maximum atomic E-state index is 12.3. The summed E-state index contributed by atoms with van der Waals surface area (Å²) in [7, 11) is 2.95. The number of ether oxygens (including phenoxy) is 2. The number of Topliss-reactive ketones (excluding diaryl/α,β-unsaturated/α-hetero) is 1. The smallest absolute Gasteiger partial charge is 0.379 e. The summed E-state index contributed by atoms with van der Waals surface area (Å²) in [4.78, 5) is 48.9. The number of aryl methyl sites for hydroxylation is 2. The van der Waals surface area contributed by atoms with Crippen LogP contribution in [-0.2, 0) is 30.9 Å². The summed E-state index contributed by atoms with van der Waals surface area (Å²) >= 11 is 1.24. The van der Waals surface area contributed by atoms with Crippen molar-refractivity contribution in [1.29, 1.82) is 0 Å². The van der Waals surface area contributed by atoms with E-state index in [2.05, 4.69) is 9.84 Å². The zero-order chi connectivity index (χ0) is 20.1. The van der Waals surface area contributed by atoms with Crippen molar-refractivity contribution < 1.29 is 28.7 Å². The molecule has 1 aromatic rings. The zero-order valence-electron chi connectivity index (χ0n) is 15.6. The lowest BCUT2D eigenvalue weighted by Crippen LogP contribution is -2.27. The van der Waals surface area contributed by atoms with E-state index < -0.39 is 17.7 Å². The summed E-state index contributed by atoms with van der Waals surface area (Å²) in [5.41, 5.74) is 1.30. The Bertz CT molecular complexity index is 814. The molecule has 1 aliphatic heterocycles. The third-order valence-electron chi connectivity index (χ3n) is 4.03. The molecule has 1 fully saturated rings. The molecule has 2 rings (SSSR count). The number of methoxy groups -OCH3 is 1. The average Bonchev–Trinajstić information content (AvgIpc) is 3.09. The van der Waals surface area contributed by atoms with E-state index in [0.29, 0.717) is 22.8 Å². The van der Waals surface area contributed by atoms with Crippen molar-refractivity contribution in [2.75, 3.05) is 26.0 Å². The number of carbonyl (C=O) groups is 4. The first-order chi connectivity index (χ1) is 12.8. The zero-order valence-corrected chi connectivity index (χ0v) is 16.4. The van der Waals surface area contributed by atoms with Crippen LogP contribution in [-0.4, -0.2) is 64.3 Å². The third kappa shape index (κ3) is 4.76. The van der Waals surface area contributed by atoms with Crippen LogP contribution in [0.2, 0.25) is 0 Å². The molecule has 0 spiro atoms. The van der Waals surface area contributed by atoms with Crippen molar-refractivity contribution in [2.45, 2.75) is 20.3 Å². The molecule has 27 heavy (non-hydrogen) atoms. The van der Waals surface area contributed by atoms with Gasteiger partial charge < -0.3 is 14.4 Å². The van der Waals surface area contributed by atoms with E-state index in [4.69, 9.17) is 4.74 Å². The van der Waals surface area contributed by atoms with E-state index in [0.717, 1.165) is 0 Å². The van der Waals surface area contributed by atoms with Crippen LogP contribution in [0.5, 0.6) is 0 Å². The lowest BCUT2D eigenvalue weighted by Gasteiger charge is -2.16. The number of esters is 2. The van der Waals surface area contributed by atoms with Crippen LogP contribution < -0.4 is 0 Å². The molecular weight excluding hydrogens is 374 g/mol. The highest BCUT2D eigenvalue weighted by molar-refractivity contribution is 8.04. The number of nitrogens with zero attached hydrogens (tertiary/aromatic N) is 3. The van der Waals surface area contributed by atoms with Gasteiger partial charge in [0.25, 0.3) is 5.78 Å². The number of aromatic nitrogens is 2. The predicted octanol–water partition coefficient (Wildman–Crippen LogP) is 0.743. The second kappa shape index (κ2) is 8.85. The molecule has 1 aromatic heterocycles. The van der Waals surface area contributed by atoms with Crippen molar-refractivity contribution in [3.63, 3.8) is 0 Å². The Morgan fingerprint density at radius 3 is 2.59 bits per heavy atom. The van der Waals surface area contributed by atoms with Crippen LogP contribution in [0, 0.1) is 13.8 Å². The monoisotopic (exact) mass is 395 g/mol. The fourth-order valence-electron chi connectivity index (χ4n) is 2.59. The van der Waals surface area contributed by atoms with Crippen LogP contribution in [0.1, 0.15) is 28.2 Å². The summed E-state index contributed by atoms with van der Waals surface area (Å²) in [5.74, 6) is -2.14. The molecule has 0 saturated carbocycles. The molecule has 10 heteroatoms. The topological polar surface area (TPSA) is 108 Å². The van der Waals surface area contributed by atoms with E-state index in [9.17, 15) is 19.2 Å². The highest BCUT2D eigenvalue weighted by Crippen LogP contribution is 2.28. The Labute approximate surface area is 160 Å². The van der Waals surface area contributed by atoms with Gasteiger partial charge in [-0.15, -0.1) is 0 Å². The molecule has 0 unspecified atom stereocenters. The number of ketones is 1. The van der Waals surface area contributed by atoms with Crippen molar-refractivity contribution in [3.8, 4) is 0 Å². The van der Waals surface area contributed by atoms with Gasteiger partial charge in [0.2, 0.25) is 5.91 Å². The first-order valence-electron chi connectivity index (χ1n) is 8.20. The van der Waals surface area contributed by atoms with Gasteiger partial charge in [-0.25, -0.2) is 9.59 Å². The lowest BCUT2D eigenvalue weighted by molar-refractivity contribution is -0.138. The van der Waals surface area contributed by atoms with Crippen LogP contribution >= 0.6 is 11.8 Å². The summed E-state index contributed by atoms with van der Waals surface area (Å²) in [6, 6.07) is 0. The van der Waals surface area contributed by atoms with Gasteiger partial charge in [-0.05, 0) is 20.3 Å². The molecule has 1 aliphatic rings. The molecule has 1 amide bonds. The van der Waals surface area contributed by atoms with Gasteiger partial charge in [0.1, 0.15) is 0 Å². The number of rotatable bonds is 7. The SMILES string of the molecule is COC(=O)/C=C1/SCC(=O)N1CCCOC(=O)C(=O)c1c(C)nn(C)c1C. The van der Waals surface area contributed by atoms with Gasteiger partial charge >= 0.3 is 11.9 Å². The van der Waals surface area contributed by atoms with Gasteiger partial charge in [0, 0.05) is 19.3 Å². The Morgan fingerprint density at radius 2 is 2.00 bits per heavy atom. The van der Waals surface area contributed by atoms with Gasteiger partial charge in [-0.3, -0.25) is 14.3 Å². The Hall–Kier alpha value is -2.62. The van der Waals surface area contributed by atoms with Gasteiger partial charge in [-0.2, -0.15) is 5.10 Å². The second-order valence-electron chi connectivity index (χ2n) is 5.83. The van der Waals surface area contributed by atoms with E-state index >= 15 is 0 Å². The van der Waals surface area contributed by atoms with E-state index in [-0.39, 0.29) is 30.4 Å². The molecule has 0 bridgehead atoms. The minimum Gasteiger partial charge on any atom is -0.466 e.